The van der Waals surface area contributed by atoms with Crippen molar-refractivity contribution in [1.29, 1.82) is 0 Å². The maximum Gasteiger partial charge on any atom is 0.257 e. The number of halogens is 1. The SMILES string of the molecule is CN1CCc2nc(NC(=O)c3cccc([C@H]4CCCN4C(=O)c4ccc(O)c(Cl)c4)c3)sc2C1. The molecular formula is C25H25ClN4O3S. The zero-order valence-electron chi connectivity index (χ0n) is 18.8. The van der Waals surface area contributed by atoms with Crippen LogP contribution in [0.25, 0.3) is 0 Å². The molecule has 5 rings (SSSR count). The first kappa shape index (κ1) is 22.8. The first-order valence-electron chi connectivity index (χ1n) is 11.3. The normalized spacial score (nSPS) is 18.1. The van der Waals surface area contributed by atoms with Gasteiger partial charge in [0.2, 0.25) is 0 Å². The molecule has 0 radical (unpaired) electrons. The fraction of sp³-hybridized carbons (Fsp3) is 0.320. The van der Waals surface area contributed by atoms with Crippen LogP contribution in [-0.2, 0) is 13.0 Å². The summed E-state index contributed by atoms with van der Waals surface area (Å²) in [7, 11) is 2.08. The van der Waals surface area contributed by atoms with Gasteiger partial charge in [-0.3, -0.25) is 14.9 Å². The number of benzene rings is 2. The number of hydrogen-bond acceptors (Lipinski definition) is 6. The lowest BCUT2D eigenvalue weighted by molar-refractivity contribution is 0.0735. The molecule has 2 amide bonds. The van der Waals surface area contributed by atoms with E-state index >= 15 is 0 Å². The van der Waals surface area contributed by atoms with Crippen LogP contribution in [0.15, 0.2) is 42.5 Å². The summed E-state index contributed by atoms with van der Waals surface area (Å²) in [6.45, 7) is 2.45. The number of nitrogens with one attached hydrogen (secondary N) is 1. The quantitative estimate of drug-likeness (QED) is 0.546. The summed E-state index contributed by atoms with van der Waals surface area (Å²) in [6, 6.07) is 11.8. The van der Waals surface area contributed by atoms with Crippen molar-refractivity contribution in [3.63, 3.8) is 0 Å². The van der Waals surface area contributed by atoms with E-state index in [2.05, 4.69) is 22.2 Å². The van der Waals surface area contributed by atoms with Crippen LogP contribution >= 0.6 is 22.9 Å². The van der Waals surface area contributed by atoms with Crippen molar-refractivity contribution in [3.8, 4) is 5.75 Å². The lowest BCUT2D eigenvalue weighted by atomic mass is 10.0. The standard InChI is InChI=1S/C25H25ClN4O3S/c1-29-11-9-19-22(14-29)34-25(27-19)28-23(32)16-5-2-4-15(12-16)20-6-3-10-30(20)24(33)17-7-8-21(31)18(26)13-17/h2,4-5,7-8,12-13,20,31H,3,6,9-11,14H2,1H3,(H,27,28,32)/t20-/m1/s1. The second-order valence-corrected chi connectivity index (χ2v) is 10.3. The summed E-state index contributed by atoms with van der Waals surface area (Å²) < 4.78 is 0. The molecule has 9 heteroatoms. The van der Waals surface area contributed by atoms with Gasteiger partial charge in [-0.15, -0.1) is 11.3 Å². The molecule has 0 unspecified atom stereocenters. The van der Waals surface area contributed by atoms with Gasteiger partial charge in [-0.1, -0.05) is 23.7 Å². The number of phenols is 1. The second kappa shape index (κ2) is 9.37. The largest absolute Gasteiger partial charge is 0.506 e. The number of anilines is 1. The molecule has 3 heterocycles. The highest BCUT2D eigenvalue weighted by Crippen LogP contribution is 2.35. The number of thiazole rings is 1. The van der Waals surface area contributed by atoms with Gasteiger partial charge in [0.15, 0.2) is 5.13 Å². The number of carbonyl (C=O) groups is 2. The van der Waals surface area contributed by atoms with Crippen LogP contribution in [-0.4, -0.2) is 51.8 Å². The van der Waals surface area contributed by atoms with Crippen molar-refractivity contribution in [2.75, 3.05) is 25.5 Å². The minimum Gasteiger partial charge on any atom is -0.506 e. The zero-order valence-corrected chi connectivity index (χ0v) is 20.3. The molecule has 3 aromatic rings. The number of amides is 2. The third kappa shape index (κ3) is 4.53. The van der Waals surface area contributed by atoms with Crippen LogP contribution in [0.4, 0.5) is 5.13 Å². The summed E-state index contributed by atoms with van der Waals surface area (Å²) in [5, 5.41) is 13.4. The Hall–Kier alpha value is -2.94. The molecule has 7 nitrogen and oxygen atoms in total. The van der Waals surface area contributed by atoms with Crippen LogP contribution in [0.2, 0.25) is 5.02 Å². The van der Waals surface area contributed by atoms with E-state index in [1.54, 1.807) is 12.1 Å². The lowest BCUT2D eigenvalue weighted by Gasteiger charge is -2.25. The van der Waals surface area contributed by atoms with Crippen molar-refractivity contribution in [2.24, 2.45) is 0 Å². The van der Waals surface area contributed by atoms with Gasteiger partial charge in [-0.05, 0) is 55.8 Å². The number of hydrogen-bond donors (Lipinski definition) is 2. The third-order valence-corrected chi connectivity index (χ3v) is 7.69. The predicted octanol–water partition coefficient (Wildman–Crippen LogP) is 4.72. The van der Waals surface area contributed by atoms with Gasteiger partial charge < -0.3 is 14.9 Å². The second-order valence-electron chi connectivity index (χ2n) is 8.78. The average molecular weight is 497 g/mol. The maximum absolute atomic E-state index is 13.2. The van der Waals surface area contributed by atoms with Gasteiger partial charge in [-0.2, -0.15) is 0 Å². The highest BCUT2D eigenvalue weighted by Gasteiger charge is 2.31. The van der Waals surface area contributed by atoms with Crippen molar-refractivity contribution in [3.05, 3.63) is 74.7 Å². The highest BCUT2D eigenvalue weighted by molar-refractivity contribution is 7.15. The monoisotopic (exact) mass is 496 g/mol. The third-order valence-electron chi connectivity index (χ3n) is 6.38. The molecule has 0 bridgehead atoms. The van der Waals surface area contributed by atoms with E-state index in [1.807, 2.05) is 23.1 Å². The molecule has 2 aromatic carbocycles. The molecule has 0 spiro atoms. The summed E-state index contributed by atoms with van der Waals surface area (Å²) in [6.07, 6.45) is 2.58. The van der Waals surface area contributed by atoms with Gasteiger partial charge in [0, 0.05) is 42.1 Å². The van der Waals surface area contributed by atoms with Crippen molar-refractivity contribution >= 4 is 39.9 Å². The number of phenolic OH excluding ortho intramolecular Hbond substituents is 1. The summed E-state index contributed by atoms with van der Waals surface area (Å²) in [4.78, 5) is 36.0. The average Bonchev–Trinajstić information content (AvgIpc) is 3.47. The van der Waals surface area contributed by atoms with Crippen LogP contribution in [0.3, 0.4) is 0 Å². The smallest absolute Gasteiger partial charge is 0.257 e. The van der Waals surface area contributed by atoms with Gasteiger partial charge in [-0.25, -0.2) is 4.98 Å². The fourth-order valence-electron chi connectivity index (χ4n) is 4.60. The number of fused-ring (bicyclic) bond motifs is 1. The molecule has 2 aliphatic rings. The Morgan fingerprint density at radius 2 is 2.03 bits per heavy atom. The van der Waals surface area contributed by atoms with Crippen LogP contribution in [0.1, 0.15) is 55.7 Å². The molecule has 1 fully saturated rings. The number of likely N-dealkylation sites (N-methyl/N-ethyl adjacent to an activating group) is 1. The predicted molar refractivity (Wildman–Crippen MR) is 133 cm³/mol. The molecule has 176 valence electrons. The van der Waals surface area contributed by atoms with Crippen molar-refractivity contribution in [1.82, 2.24) is 14.8 Å². The lowest BCUT2D eigenvalue weighted by Crippen LogP contribution is -2.30. The van der Waals surface area contributed by atoms with E-state index in [-0.39, 0.29) is 28.6 Å². The summed E-state index contributed by atoms with van der Waals surface area (Å²) in [5.74, 6) is -0.400. The molecule has 34 heavy (non-hydrogen) atoms. The first-order valence-corrected chi connectivity index (χ1v) is 12.5. The van der Waals surface area contributed by atoms with E-state index in [0.717, 1.165) is 43.6 Å². The Labute approximate surface area is 207 Å². The molecule has 0 saturated carbocycles. The number of aromatic hydroxyl groups is 1. The number of aromatic nitrogens is 1. The van der Waals surface area contributed by atoms with Gasteiger partial charge in [0.05, 0.1) is 16.8 Å². The summed E-state index contributed by atoms with van der Waals surface area (Å²) >= 11 is 7.54. The Bertz CT molecular complexity index is 1260. The summed E-state index contributed by atoms with van der Waals surface area (Å²) in [5.41, 5.74) is 2.96. The van der Waals surface area contributed by atoms with Crippen molar-refractivity contribution < 1.29 is 14.7 Å². The van der Waals surface area contributed by atoms with Crippen molar-refractivity contribution in [2.45, 2.75) is 31.8 Å². The molecule has 0 aliphatic carbocycles. The van der Waals surface area contributed by atoms with E-state index in [0.29, 0.717) is 22.8 Å². The number of nitrogens with zero attached hydrogens (tertiary/aromatic N) is 3. The Morgan fingerprint density at radius 3 is 2.85 bits per heavy atom. The van der Waals surface area contributed by atoms with E-state index in [4.69, 9.17) is 11.6 Å². The number of likely N-dealkylation sites (tertiary alicyclic amines) is 1. The number of carbonyl (C=O) groups excluding carboxylic acids is 2. The topological polar surface area (TPSA) is 85.8 Å². The van der Waals surface area contributed by atoms with E-state index in [1.165, 1.54) is 28.3 Å². The van der Waals surface area contributed by atoms with Gasteiger partial charge in [0.25, 0.3) is 11.8 Å². The minimum absolute atomic E-state index is 0.0528. The molecular weight excluding hydrogens is 472 g/mol. The molecule has 1 atom stereocenters. The fourth-order valence-corrected chi connectivity index (χ4v) is 5.86. The Kier molecular flexibility index (Phi) is 6.29. The van der Waals surface area contributed by atoms with Crippen LogP contribution in [0, 0.1) is 0 Å². The first-order chi connectivity index (χ1) is 16.4. The van der Waals surface area contributed by atoms with Crippen LogP contribution < -0.4 is 5.32 Å². The molecule has 1 saturated heterocycles. The van der Waals surface area contributed by atoms with Crippen LogP contribution in [0.5, 0.6) is 5.75 Å². The molecule has 1 aromatic heterocycles. The zero-order chi connectivity index (χ0) is 23.8. The number of rotatable bonds is 4. The van der Waals surface area contributed by atoms with E-state index in [9.17, 15) is 14.7 Å². The van der Waals surface area contributed by atoms with Gasteiger partial charge in [0.1, 0.15) is 5.75 Å². The maximum atomic E-state index is 13.2. The molecule has 2 aliphatic heterocycles. The highest BCUT2D eigenvalue weighted by atomic mass is 35.5. The minimum atomic E-state index is -0.206. The van der Waals surface area contributed by atoms with Gasteiger partial charge >= 0.3 is 0 Å². The molecule has 2 N–H and O–H groups in total. The Morgan fingerprint density at radius 1 is 1.18 bits per heavy atom. The Balaban J connectivity index is 1.33. The van der Waals surface area contributed by atoms with E-state index < -0.39 is 0 Å².